The average molecular weight is 576 g/mol. The molecule has 42 heavy (non-hydrogen) atoms. The second-order valence-electron chi connectivity index (χ2n) is 11.9. The van der Waals surface area contributed by atoms with Crippen molar-refractivity contribution >= 4 is 23.7 Å². The molecule has 2 heterocycles. The zero-order valence-electron chi connectivity index (χ0n) is 23.9. The van der Waals surface area contributed by atoms with Gasteiger partial charge in [0.25, 0.3) is 5.91 Å². The van der Waals surface area contributed by atoms with Gasteiger partial charge in [0.1, 0.15) is 17.4 Å². The number of amides is 3. The maximum Gasteiger partial charge on any atom is 0.330 e. The molecule has 1 saturated heterocycles. The predicted molar refractivity (Wildman–Crippen MR) is 156 cm³/mol. The number of benzene rings is 2. The Bertz CT molecular complexity index is 1380. The van der Waals surface area contributed by atoms with Gasteiger partial charge in [-0.3, -0.25) is 14.4 Å². The molecule has 1 aliphatic carbocycles. The Morgan fingerprint density at radius 2 is 1.83 bits per heavy atom. The number of hydrogen-bond donors (Lipinski definition) is 2. The maximum atomic E-state index is 14.8. The zero-order chi connectivity index (χ0) is 29.9. The summed E-state index contributed by atoms with van der Waals surface area (Å²) in [5.74, 6) is -3.31. The summed E-state index contributed by atoms with van der Waals surface area (Å²) in [7, 11) is 1.59. The molecule has 2 aliphatic heterocycles. The van der Waals surface area contributed by atoms with Crippen molar-refractivity contribution in [3.63, 3.8) is 0 Å². The van der Waals surface area contributed by atoms with Crippen LogP contribution in [-0.4, -0.2) is 70.3 Å². The third-order valence-electron chi connectivity index (χ3n) is 8.82. The van der Waals surface area contributed by atoms with Crippen molar-refractivity contribution < 1.29 is 28.7 Å². The minimum Gasteiger partial charge on any atom is -0.479 e. The lowest BCUT2D eigenvalue weighted by Gasteiger charge is -2.26. The highest BCUT2D eigenvalue weighted by Gasteiger charge is 2.61. The van der Waals surface area contributed by atoms with E-state index in [0.717, 1.165) is 43.2 Å². The van der Waals surface area contributed by atoms with E-state index in [1.54, 1.807) is 24.1 Å². The highest BCUT2D eigenvalue weighted by molar-refractivity contribution is 5.96. The summed E-state index contributed by atoms with van der Waals surface area (Å²) in [4.78, 5) is 55.3. The molecule has 0 spiro atoms. The third-order valence-corrected chi connectivity index (χ3v) is 8.82. The number of hydrogen-bond acceptors (Lipinski definition) is 4. The summed E-state index contributed by atoms with van der Waals surface area (Å²) in [5.41, 5.74) is 0.195. The Kier molecular flexibility index (Phi) is 8.75. The number of carboxylic acid groups (broad SMARTS) is 1. The minimum atomic E-state index is -1.35. The molecule has 0 bridgehead atoms. The van der Waals surface area contributed by atoms with Gasteiger partial charge in [0, 0.05) is 32.5 Å². The van der Waals surface area contributed by atoms with Crippen molar-refractivity contribution in [1.29, 1.82) is 0 Å². The van der Waals surface area contributed by atoms with E-state index < -0.39 is 35.2 Å². The van der Waals surface area contributed by atoms with Crippen molar-refractivity contribution in [2.24, 2.45) is 11.8 Å². The van der Waals surface area contributed by atoms with Crippen LogP contribution in [0.5, 0.6) is 0 Å². The van der Waals surface area contributed by atoms with Gasteiger partial charge >= 0.3 is 5.97 Å². The van der Waals surface area contributed by atoms with Gasteiger partial charge < -0.3 is 20.2 Å². The van der Waals surface area contributed by atoms with E-state index in [0.29, 0.717) is 12.8 Å². The van der Waals surface area contributed by atoms with Crippen LogP contribution in [0.4, 0.5) is 4.39 Å². The smallest absolute Gasteiger partial charge is 0.330 e. The minimum absolute atomic E-state index is 0.0447. The zero-order valence-corrected chi connectivity index (χ0v) is 23.9. The van der Waals surface area contributed by atoms with Crippen molar-refractivity contribution in [3.8, 4) is 11.1 Å². The first kappa shape index (κ1) is 29.5. The fourth-order valence-corrected chi connectivity index (χ4v) is 6.32. The fraction of sp³-hybridized carbons (Fsp3) is 0.455. The predicted octanol–water partition coefficient (Wildman–Crippen LogP) is 4.65. The van der Waals surface area contributed by atoms with E-state index >= 15 is 0 Å². The quantitative estimate of drug-likeness (QED) is 0.505. The fourth-order valence-electron chi connectivity index (χ4n) is 6.32. The van der Waals surface area contributed by atoms with Crippen LogP contribution in [0.3, 0.4) is 0 Å². The van der Waals surface area contributed by atoms with Crippen LogP contribution < -0.4 is 5.32 Å². The summed E-state index contributed by atoms with van der Waals surface area (Å²) >= 11 is 0. The second-order valence-corrected chi connectivity index (χ2v) is 11.9. The van der Waals surface area contributed by atoms with Crippen LogP contribution in [0.2, 0.25) is 0 Å². The Morgan fingerprint density at radius 1 is 1.07 bits per heavy atom. The van der Waals surface area contributed by atoms with E-state index in [2.05, 4.69) is 5.32 Å². The molecule has 2 N–H and O–H groups in total. The molecular weight excluding hydrogens is 537 g/mol. The average Bonchev–Trinajstić information content (AvgIpc) is 3.51. The number of rotatable bonds is 5. The van der Waals surface area contributed by atoms with E-state index in [4.69, 9.17) is 0 Å². The summed E-state index contributed by atoms with van der Waals surface area (Å²) < 4.78 is 14.8. The molecule has 8 nitrogen and oxygen atoms in total. The van der Waals surface area contributed by atoms with Gasteiger partial charge in [0.2, 0.25) is 11.8 Å². The van der Waals surface area contributed by atoms with Crippen molar-refractivity contribution in [1.82, 2.24) is 15.1 Å². The number of allylic oxidation sites excluding steroid dienone is 1. The molecule has 0 aromatic heterocycles. The second kappa shape index (κ2) is 12.5. The summed E-state index contributed by atoms with van der Waals surface area (Å²) in [6.07, 6.45) is 9.21. The van der Waals surface area contributed by atoms with Gasteiger partial charge in [0.15, 0.2) is 0 Å². The largest absolute Gasteiger partial charge is 0.479 e. The number of nitrogens with one attached hydrogen (secondary N) is 1. The van der Waals surface area contributed by atoms with Gasteiger partial charge in [-0.05, 0) is 61.3 Å². The highest BCUT2D eigenvalue weighted by atomic mass is 19.1. The maximum absolute atomic E-state index is 14.8. The molecular formula is C33H38FN3O5. The van der Waals surface area contributed by atoms with Crippen LogP contribution in [0, 0.1) is 17.7 Å². The lowest BCUT2D eigenvalue weighted by molar-refractivity contribution is -0.145. The first-order valence-corrected chi connectivity index (χ1v) is 14.8. The van der Waals surface area contributed by atoms with Crippen LogP contribution >= 0.6 is 0 Å². The summed E-state index contributed by atoms with van der Waals surface area (Å²) in [6.45, 7) is 0.487. The van der Waals surface area contributed by atoms with Gasteiger partial charge in [-0.15, -0.1) is 0 Å². The lowest BCUT2D eigenvalue weighted by atomic mass is 10.0. The van der Waals surface area contributed by atoms with Gasteiger partial charge in [-0.2, -0.15) is 0 Å². The lowest BCUT2D eigenvalue weighted by Crippen LogP contribution is -2.53. The summed E-state index contributed by atoms with van der Waals surface area (Å²) in [6, 6.07) is 13.1. The molecule has 5 rings (SSSR count). The topological polar surface area (TPSA) is 107 Å². The van der Waals surface area contributed by atoms with Gasteiger partial charge in [0.05, 0.1) is 5.56 Å². The molecule has 2 aromatic rings. The molecule has 3 aliphatic rings. The molecule has 9 heteroatoms. The van der Waals surface area contributed by atoms with Crippen molar-refractivity contribution in [2.45, 2.75) is 62.9 Å². The van der Waals surface area contributed by atoms with Crippen LogP contribution in [0.1, 0.15) is 61.7 Å². The molecule has 4 atom stereocenters. The van der Waals surface area contributed by atoms with Crippen LogP contribution in [0.25, 0.3) is 11.1 Å². The number of carboxylic acids is 1. The number of halogens is 1. The van der Waals surface area contributed by atoms with Gasteiger partial charge in [-0.1, -0.05) is 61.4 Å². The number of aliphatic carboxylic acids is 1. The SMILES string of the molecule is CN(C[C@@H]1C[C@H]2C(=O)N[C@]3(C(=O)O)C[C@H]3/C=C\CCCCCCC(=O)N2C1)C(=O)c1cc(-c2ccccc2)ccc1F. The van der Waals surface area contributed by atoms with E-state index in [-0.39, 0.29) is 42.8 Å². The van der Waals surface area contributed by atoms with Crippen LogP contribution in [0.15, 0.2) is 60.7 Å². The summed E-state index contributed by atoms with van der Waals surface area (Å²) in [5, 5.41) is 12.7. The standard InChI is InChI=1S/C33H38FN3O5/c1-36(31(40)26-18-24(15-16-27(26)34)23-11-7-6-8-12-23)20-22-17-28-30(39)35-33(32(41)42)19-25(33)13-9-4-2-3-5-10-14-29(38)37(28)21-22/h6-9,11-13,15-16,18,22,25,28H,2-5,10,14,17,19-21H2,1H3,(H,35,39)(H,41,42)/b13-9-/t22-,25+,28-,33+/m0/s1. The van der Waals surface area contributed by atoms with Crippen LogP contribution in [-0.2, 0) is 14.4 Å². The first-order chi connectivity index (χ1) is 20.2. The van der Waals surface area contributed by atoms with E-state index in [9.17, 15) is 28.7 Å². The number of nitrogens with zero attached hydrogens (tertiary/aromatic N) is 2. The van der Waals surface area contributed by atoms with E-state index in [1.807, 2.05) is 42.5 Å². The molecule has 1 saturated carbocycles. The third kappa shape index (κ3) is 6.25. The molecule has 0 radical (unpaired) electrons. The number of fused-ring (bicyclic) bond motifs is 2. The van der Waals surface area contributed by atoms with Crippen molar-refractivity contribution in [3.05, 3.63) is 72.1 Å². The number of carbonyl (C=O) groups is 4. The highest BCUT2D eigenvalue weighted by Crippen LogP contribution is 2.45. The Hall–Kier alpha value is -4.01. The Morgan fingerprint density at radius 3 is 2.60 bits per heavy atom. The Balaban J connectivity index is 1.32. The molecule has 222 valence electrons. The first-order valence-electron chi connectivity index (χ1n) is 14.8. The van der Waals surface area contributed by atoms with Crippen molar-refractivity contribution in [2.75, 3.05) is 20.1 Å². The number of carbonyl (C=O) groups excluding carboxylic acids is 3. The van der Waals surface area contributed by atoms with E-state index in [1.165, 1.54) is 11.0 Å². The molecule has 3 amide bonds. The molecule has 0 unspecified atom stereocenters. The normalized spacial score (nSPS) is 27.1. The Labute approximate surface area is 245 Å². The van der Waals surface area contributed by atoms with Gasteiger partial charge in [-0.25, -0.2) is 9.18 Å². The monoisotopic (exact) mass is 575 g/mol. The molecule has 2 fully saturated rings. The molecule has 2 aromatic carbocycles.